The molecule has 4 heterocycles. The molecule has 0 radical (unpaired) electrons. The van der Waals surface area contributed by atoms with Gasteiger partial charge < -0.3 is 29.3 Å². The summed E-state index contributed by atoms with van der Waals surface area (Å²) in [6.07, 6.45) is 14.2. The number of carbonyl (C=O) groups is 3. The van der Waals surface area contributed by atoms with E-state index in [1.807, 2.05) is 81.2 Å². The van der Waals surface area contributed by atoms with Crippen molar-refractivity contribution in [2.45, 2.75) is 102 Å². The van der Waals surface area contributed by atoms with Crippen molar-refractivity contribution in [3.8, 4) is 5.75 Å². The highest BCUT2D eigenvalue weighted by Crippen LogP contribution is 2.59. The first-order chi connectivity index (χ1) is 21.8. The van der Waals surface area contributed by atoms with Crippen molar-refractivity contribution < 1.29 is 29.0 Å². The lowest BCUT2D eigenvalue weighted by Gasteiger charge is -2.43. The molecule has 1 saturated carbocycles. The Labute approximate surface area is 267 Å². The minimum atomic E-state index is -1.33. The number of fused-ring (bicyclic) bond motifs is 2. The summed E-state index contributed by atoms with van der Waals surface area (Å²) in [4.78, 5) is 49.9. The molecule has 1 N–H and O–H groups in total. The fourth-order valence-corrected chi connectivity index (χ4v) is 8.73. The number of rotatable bonds is 9. The minimum absolute atomic E-state index is 0.0565. The van der Waals surface area contributed by atoms with Crippen molar-refractivity contribution in [1.82, 2.24) is 9.80 Å². The van der Waals surface area contributed by atoms with Crippen LogP contribution in [-0.4, -0.2) is 88.3 Å². The predicted octanol–water partition coefficient (Wildman–Crippen LogP) is 4.49. The third kappa shape index (κ3) is 5.01. The third-order valence-corrected chi connectivity index (χ3v) is 11.2. The minimum Gasteiger partial charge on any atom is -0.494 e. The molecule has 0 aromatic heterocycles. The maximum atomic E-state index is 15.0. The normalized spacial score (nSPS) is 33.0. The molecule has 1 aliphatic carbocycles. The number of anilines is 1. The summed E-state index contributed by atoms with van der Waals surface area (Å²) < 4.78 is 12.8. The van der Waals surface area contributed by atoms with Crippen LogP contribution in [0.15, 0.2) is 48.6 Å². The number of nitrogens with zero attached hydrogens (tertiary/aromatic N) is 3. The van der Waals surface area contributed by atoms with Crippen molar-refractivity contribution in [1.29, 1.82) is 0 Å². The zero-order valence-corrected chi connectivity index (χ0v) is 27.2. The summed E-state index contributed by atoms with van der Waals surface area (Å²) in [5.74, 6) is -1.70. The van der Waals surface area contributed by atoms with Crippen LogP contribution in [0.2, 0.25) is 0 Å². The number of benzene rings is 1. The molecule has 244 valence electrons. The molecular weight excluding hydrogens is 570 g/mol. The average molecular weight is 620 g/mol. The number of hydrogen-bond acceptors (Lipinski definition) is 6. The molecule has 1 aromatic rings. The molecule has 3 amide bonds. The Morgan fingerprint density at radius 2 is 1.64 bits per heavy atom. The maximum absolute atomic E-state index is 15.0. The SMILES string of the molecule is CCOc1ccc(N2CC=C[C@@]3(CC)O[C@]45C=CCN(C6CCCCC6)C(=O)C4N([C@@H](CO)[C@@H](C)CC)C(=O)[C@@H]5[C@H]3C2=O)cc1. The molecular formula is C36H49N3O6. The molecule has 9 heteroatoms. The van der Waals surface area contributed by atoms with Gasteiger partial charge in [-0.15, -0.1) is 0 Å². The van der Waals surface area contributed by atoms with Crippen LogP contribution in [0.1, 0.15) is 72.6 Å². The highest BCUT2D eigenvalue weighted by Gasteiger charge is 2.76. The average Bonchev–Trinajstić information content (AvgIpc) is 3.35. The Bertz CT molecular complexity index is 1340. The molecule has 45 heavy (non-hydrogen) atoms. The van der Waals surface area contributed by atoms with E-state index in [0.717, 1.165) is 44.3 Å². The van der Waals surface area contributed by atoms with E-state index in [2.05, 4.69) is 0 Å². The molecule has 1 spiro atoms. The largest absolute Gasteiger partial charge is 0.494 e. The number of amides is 3. The van der Waals surface area contributed by atoms with E-state index in [-0.39, 0.29) is 36.3 Å². The summed E-state index contributed by atoms with van der Waals surface area (Å²) in [5.41, 5.74) is -1.68. The first kappa shape index (κ1) is 31.8. The van der Waals surface area contributed by atoms with Gasteiger partial charge in [-0.25, -0.2) is 0 Å². The molecule has 1 aromatic carbocycles. The van der Waals surface area contributed by atoms with Gasteiger partial charge in [0.25, 0.3) is 0 Å². The van der Waals surface area contributed by atoms with Gasteiger partial charge in [0.15, 0.2) is 0 Å². The van der Waals surface area contributed by atoms with Crippen molar-refractivity contribution in [3.63, 3.8) is 0 Å². The Hall–Kier alpha value is -3.17. The third-order valence-electron chi connectivity index (χ3n) is 11.2. The van der Waals surface area contributed by atoms with Crippen molar-refractivity contribution in [3.05, 3.63) is 48.6 Å². The second-order valence-corrected chi connectivity index (χ2v) is 13.5. The second-order valence-electron chi connectivity index (χ2n) is 13.5. The fraction of sp³-hybridized carbons (Fsp3) is 0.639. The zero-order valence-electron chi connectivity index (χ0n) is 27.2. The van der Waals surface area contributed by atoms with Gasteiger partial charge in [-0.1, -0.05) is 70.8 Å². The molecule has 9 nitrogen and oxygen atoms in total. The Kier molecular flexibility index (Phi) is 8.87. The van der Waals surface area contributed by atoms with E-state index in [1.165, 1.54) is 0 Å². The van der Waals surface area contributed by atoms with Gasteiger partial charge in [0.05, 0.1) is 36.7 Å². The summed E-state index contributed by atoms with van der Waals surface area (Å²) in [5, 5.41) is 10.7. The number of carbonyl (C=O) groups excluding carboxylic acids is 3. The van der Waals surface area contributed by atoms with Gasteiger partial charge in [0, 0.05) is 24.8 Å². The van der Waals surface area contributed by atoms with Crippen molar-refractivity contribution >= 4 is 23.4 Å². The summed E-state index contributed by atoms with van der Waals surface area (Å²) in [6, 6.07) is 6.01. The van der Waals surface area contributed by atoms with Gasteiger partial charge in [-0.05, 0) is 56.4 Å². The quantitative estimate of drug-likeness (QED) is 0.409. The first-order valence-corrected chi connectivity index (χ1v) is 17.1. The molecule has 5 aliphatic rings. The van der Waals surface area contributed by atoms with Crippen LogP contribution in [0.5, 0.6) is 5.75 Å². The second kappa shape index (κ2) is 12.6. The maximum Gasteiger partial charge on any atom is 0.249 e. The van der Waals surface area contributed by atoms with E-state index in [9.17, 15) is 19.5 Å². The molecule has 6 rings (SSSR count). The number of aliphatic hydroxyl groups is 1. The predicted molar refractivity (Wildman–Crippen MR) is 172 cm³/mol. The topological polar surface area (TPSA) is 99.6 Å². The van der Waals surface area contributed by atoms with Crippen LogP contribution in [0.25, 0.3) is 0 Å². The lowest BCUT2D eigenvalue weighted by molar-refractivity contribution is -0.158. The van der Waals surface area contributed by atoms with Gasteiger partial charge in [-0.3, -0.25) is 14.4 Å². The first-order valence-electron chi connectivity index (χ1n) is 17.1. The number of ether oxygens (including phenoxy) is 2. The van der Waals surface area contributed by atoms with Crippen molar-refractivity contribution in [2.75, 3.05) is 31.2 Å². The molecule has 3 fully saturated rings. The molecule has 1 unspecified atom stereocenters. The van der Waals surface area contributed by atoms with E-state index < -0.39 is 35.1 Å². The van der Waals surface area contributed by atoms with Gasteiger partial charge in [-0.2, -0.15) is 0 Å². The Balaban J connectivity index is 1.47. The van der Waals surface area contributed by atoms with E-state index in [4.69, 9.17) is 9.47 Å². The van der Waals surface area contributed by atoms with Crippen LogP contribution < -0.4 is 9.64 Å². The van der Waals surface area contributed by atoms with Gasteiger partial charge >= 0.3 is 0 Å². The summed E-state index contributed by atoms with van der Waals surface area (Å²) in [7, 11) is 0. The Morgan fingerprint density at radius 1 is 0.933 bits per heavy atom. The highest BCUT2D eigenvalue weighted by atomic mass is 16.5. The smallest absolute Gasteiger partial charge is 0.249 e. The Morgan fingerprint density at radius 3 is 2.29 bits per heavy atom. The van der Waals surface area contributed by atoms with Crippen LogP contribution >= 0.6 is 0 Å². The lowest BCUT2D eigenvalue weighted by atomic mass is 9.73. The fourth-order valence-electron chi connectivity index (χ4n) is 8.73. The number of aliphatic hydroxyl groups excluding tert-OH is 1. The molecule has 0 bridgehead atoms. The summed E-state index contributed by atoms with van der Waals surface area (Å²) >= 11 is 0. The zero-order chi connectivity index (χ0) is 31.9. The van der Waals surface area contributed by atoms with Crippen LogP contribution in [-0.2, 0) is 19.1 Å². The standard InChI is InChI=1S/C36H49N3O6/c1-5-24(4)28(23-40)39-31-34(43)38(25-13-9-8-10-14-25)22-12-20-36(31)30(33(39)42)29-32(41)37(21-11-19-35(29,6-2)45-36)26-15-17-27(18-16-26)44-7-3/h11-12,15-20,24-25,28-31,40H,5-10,13-14,21-23H2,1-4H3/t24-,28-,29-,30-,31?,35+,36-/m0/s1. The van der Waals surface area contributed by atoms with E-state index in [0.29, 0.717) is 31.8 Å². The molecule has 2 saturated heterocycles. The summed E-state index contributed by atoms with van der Waals surface area (Å²) in [6.45, 7) is 9.01. The monoisotopic (exact) mass is 619 g/mol. The van der Waals surface area contributed by atoms with Gasteiger partial charge in [0.1, 0.15) is 17.4 Å². The lowest BCUT2D eigenvalue weighted by Crippen LogP contribution is -2.61. The van der Waals surface area contributed by atoms with Crippen molar-refractivity contribution in [2.24, 2.45) is 17.8 Å². The van der Waals surface area contributed by atoms with Crippen LogP contribution in [0.3, 0.4) is 0 Å². The van der Waals surface area contributed by atoms with Crippen LogP contribution in [0.4, 0.5) is 5.69 Å². The van der Waals surface area contributed by atoms with E-state index in [1.54, 1.807) is 9.80 Å². The molecule has 7 atom stereocenters. The molecule has 4 aliphatic heterocycles. The van der Waals surface area contributed by atoms with Crippen LogP contribution in [0, 0.1) is 17.8 Å². The number of likely N-dealkylation sites (tertiary alicyclic amines) is 1. The highest BCUT2D eigenvalue weighted by molar-refractivity contribution is 6.04. The number of hydrogen-bond donors (Lipinski definition) is 1. The van der Waals surface area contributed by atoms with Gasteiger partial charge in [0.2, 0.25) is 17.7 Å². The van der Waals surface area contributed by atoms with E-state index >= 15 is 0 Å².